The fourth-order valence-electron chi connectivity index (χ4n) is 2.98. The van der Waals surface area contributed by atoms with Gasteiger partial charge in [0.15, 0.2) is 27.5 Å². The van der Waals surface area contributed by atoms with E-state index in [1.165, 1.54) is 11.3 Å². The van der Waals surface area contributed by atoms with E-state index >= 15 is 0 Å². The van der Waals surface area contributed by atoms with Crippen molar-refractivity contribution in [3.05, 3.63) is 70.2 Å². The smallest absolute Gasteiger partial charge is 0.293 e. The molecule has 2 aromatic carbocycles. The van der Waals surface area contributed by atoms with E-state index in [0.29, 0.717) is 22.4 Å². The number of nitrogens with one attached hydrogen (secondary N) is 2. The minimum Gasteiger partial charge on any atom is -0.493 e. The van der Waals surface area contributed by atoms with Crippen molar-refractivity contribution in [2.45, 2.75) is 0 Å². The number of halogens is 1. The van der Waals surface area contributed by atoms with Crippen LogP contribution in [0.3, 0.4) is 0 Å². The van der Waals surface area contributed by atoms with Crippen molar-refractivity contribution in [1.82, 2.24) is 10.3 Å². The zero-order valence-electron chi connectivity index (χ0n) is 17.5. The Labute approximate surface area is 207 Å². The molecule has 168 valence electrons. The third-order valence-electron chi connectivity index (χ3n) is 4.59. The van der Waals surface area contributed by atoms with E-state index in [2.05, 4.69) is 31.5 Å². The number of methoxy groups -OCH3 is 2. The van der Waals surface area contributed by atoms with Crippen LogP contribution in [0.4, 0.5) is 5.13 Å². The summed E-state index contributed by atoms with van der Waals surface area (Å²) in [7, 11) is 3.17. The zero-order chi connectivity index (χ0) is 23.4. The quantitative estimate of drug-likeness (QED) is 0.289. The van der Waals surface area contributed by atoms with E-state index in [1.807, 2.05) is 47.8 Å². The summed E-state index contributed by atoms with van der Waals surface area (Å²) in [5.74, 6) is 1.54. The van der Waals surface area contributed by atoms with Crippen LogP contribution >= 0.6 is 39.5 Å². The fraction of sp³-hybridized carbons (Fsp3) is 0.0870. The number of hydrogen-bond acceptors (Lipinski definition) is 7. The third kappa shape index (κ3) is 5.41. The van der Waals surface area contributed by atoms with Crippen molar-refractivity contribution < 1.29 is 18.7 Å². The summed E-state index contributed by atoms with van der Waals surface area (Å²) in [4.78, 5) is 17.0. The Morgan fingerprint density at radius 3 is 2.48 bits per heavy atom. The summed E-state index contributed by atoms with van der Waals surface area (Å²) in [5, 5.41) is 8.09. The molecule has 0 saturated heterocycles. The second kappa shape index (κ2) is 10.2. The Morgan fingerprint density at radius 1 is 1.03 bits per heavy atom. The normalized spacial score (nSPS) is 10.5. The van der Waals surface area contributed by atoms with E-state index in [9.17, 15) is 4.79 Å². The summed E-state index contributed by atoms with van der Waals surface area (Å²) >= 11 is 10.0. The van der Waals surface area contributed by atoms with Crippen LogP contribution in [0.15, 0.2) is 68.9 Å². The number of ether oxygens (including phenoxy) is 2. The molecule has 2 heterocycles. The zero-order valence-corrected chi connectivity index (χ0v) is 20.8. The van der Waals surface area contributed by atoms with Crippen molar-refractivity contribution in [2.24, 2.45) is 0 Å². The number of carbonyl (C=O) groups excluding carboxylic acids is 1. The molecule has 0 unspecified atom stereocenters. The standard InChI is InChI=1S/C23H18BrN3O4S2/c1-29-18-8-5-14(11-20(18)30-2)16-12-33-23(25-16)27-22(32)26-21(28)19-10-9-17(31-19)13-3-6-15(24)7-4-13/h3-12H,1-2H3,(H2,25,26,27,28,32). The summed E-state index contributed by atoms with van der Waals surface area (Å²) in [6.07, 6.45) is 0. The fourth-order valence-corrected chi connectivity index (χ4v) is 4.22. The molecule has 0 aliphatic heterocycles. The second-order valence-electron chi connectivity index (χ2n) is 6.69. The van der Waals surface area contributed by atoms with Crippen LogP contribution in [0.25, 0.3) is 22.6 Å². The average molecular weight is 544 g/mol. The SMILES string of the molecule is COc1ccc(-c2csc(NC(=S)NC(=O)c3ccc(-c4ccc(Br)cc4)o3)n2)cc1OC. The Morgan fingerprint density at radius 2 is 1.76 bits per heavy atom. The van der Waals surface area contributed by atoms with Crippen LogP contribution in [-0.2, 0) is 0 Å². The van der Waals surface area contributed by atoms with Crippen LogP contribution in [0.1, 0.15) is 10.6 Å². The number of anilines is 1. The molecule has 0 spiro atoms. The maximum absolute atomic E-state index is 12.5. The number of carbonyl (C=O) groups is 1. The van der Waals surface area contributed by atoms with Crippen LogP contribution < -0.4 is 20.1 Å². The highest BCUT2D eigenvalue weighted by Gasteiger charge is 2.15. The Hall–Kier alpha value is -3.21. The Balaban J connectivity index is 1.39. The first-order chi connectivity index (χ1) is 16.0. The predicted octanol–water partition coefficient (Wildman–Crippen LogP) is 5.98. The molecule has 2 N–H and O–H groups in total. The molecule has 0 aliphatic rings. The van der Waals surface area contributed by atoms with E-state index in [0.717, 1.165) is 21.3 Å². The van der Waals surface area contributed by atoms with E-state index in [4.69, 9.17) is 26.1 Å². The van der Waals surface area contributed by atoms with Gasteiger partial charge in [-0.1, -0.05) is 28.1 Å². The third-order valence-corrected chi connectivity index (χ3v) is 6.08. The van der Waals surface area contributed by atoms with Gasteiger partial charge in [-0.05, 0) is 54.7 Å². The van der Waals surface area contributed by atoms with Gasteiger partial charge in [-0.25, -0.2) is 4.98 Å². The molecule has 4 rings (SSSR count). The molecular weight excluding hydrogens is 526 g/mol. The molecular formula is C23H18BrN3O4S2. The number of benzene rings is 2. The summed E-state index contributed by atoms with van der Waals surface area (Å²) < 4.78 is 17.3. The lowest BCUT2D eigenvalue weighted by Crippen LogP contribution is -2.33. The van der Waals surface area contributed by atoms with Gasteiger partial charge in [0.25, 0.3) is 5.91 Å². The van der Waals surface area contributed by atoms with Crippen molar-refractivity contribution in [1.29, 1.82) is 0 Å². The molecule has 10 heteroatoms. The largest absolute Gasteiger partial charge is 0.493 e. The van der Waals surface area contributed by atoms with Gasteiger partial charge in [0.2, 0.25) is 0 Å². The topological polar surface area (TPSA) is 85.6 Å². The number of nitrogens with zero attached hydrogens (tertiary/aromatic N) is 1. The molecule has 0 atom stereocenters. The second-order valence-corrected chi connectivity index (χ2v) is 8.87. The maximum atomic E-state index is 12.5. The molecule has 2 aromatic heterocycles. The molecule has 0 aliphatic carbocycles. The highest BCUT2D eigenvalue weighted by molar-refractivity contribution is 9.10. The molecule has 1 amide bonds. The van der Waals surface area contributed by atoms with Crippen molar-refractivity contribution >= 4 is 55.6 Å². The number of aromatic nitrogens is 1. The van der Waals surface area contributed by atoms with Crippen LogP contribution in [0, 0.1) is 0 Å². The van der Waals surface area contributed by atoms with Crippen LogP contribution in [-0.4, -0.2) is 30.2 Å². The highest BCUT2D eigenvalue weighted by atomic mass is 79.9. The summed E-state index contributed by atoms with van der Waals surface area (Å²) in [6.45, 7) is 0. The summed E-state index contributed by atoms with van der Waals surface area (Å²) in [6, 6.07) is 16.5. The maximum Gasteiger partial charge on any atom is 0.293 e. The molecule has 7 nitrogen and oxygen atoms in total. The number of amides is 1. The van der Waals surface area contributed by atoms with Gasteiger partial charge in [0, 0.05) is 21.0 Å². The lowest BCUT2D eigenvalue weighted by atomic mass is 10.1. The molecule has 0 bridgehead atoms. The molecule has 0 radical (unpaired) electrons. The van der Waals surface area contributed by atoms with Gasteiger partial charge in [0.05, 0.1) is 19.9 Å². The van der Waals surface area contributed by atoms with Gasteiger partial charge in [-0.2, -0.15) is 0 Å². The Bertz CT molecular complexity index is 1300. The average Bonchev–Trinajstić information content (AvgIpc) is 3.49. The van der Waals surface area contributed by atoms with Crippen LogP contribution in [0.2, 0.25) is 0 Å². The Kier molecular flexibility index (Phi) is 7.07. The first-order valence-electron chi connectivity index (χ1n) is 9.63. The minimum absolute atomic E-state index is 0.120. The van der Waals surface area contributed by atoms with Crippen molar-refractivity contribution in [2.75, 3.05) is 19.5 Å². The van der Waals surface area contributed by atoms with Gasteiger partial charge in [-0.15, -0.1) is 11.3 Å². The molecule has 4 aromatic rings. The molecule has 33 heavy (non-hydrogen) atoms. The van der Waals surface area contributed by atoms with Gasteiger partial charge >= 0.3 is 0 Å². The van der Waals surface area contributed by atoms with Gasteiger partial charge < -0.3 is 19.2 Å². The highest BCUT2D eigenvalue weighted by Crippen LogP contribution is 2.33. The first kappa shape index (κ1) is 23.0. The lowest BCUT2D eigenvalue weighted by molar-refractivity contribution is 0.0951. The number of hydrogen-bond donors (Lipinski definition) is 2. The predicted molar refractivity (Wildman–Crippen MR) is 136 cm³/mol. The number of furan rings is 1. The van der Waals surface area contributed by atoms with Crippen LogP contribution in [0.5, 0.6) is 11.5 Å². The molecule has 0 fully saturated rings. The minimum atomic E-state index is -0.451. The molecule has 0 saturated carbocycles. The van der Waals surface area contributed by atoms with Crippen molar-refractivity contribution in [3.8, 4) is 34.1 Å². The monoisotopic (exact) mass is 543 g/mol. The van der Waals surface area contributed by atoms with Crippen molar-refractivity contribution in [3.63, 3.8) is 0 Å². The number of thiazole rings is 1. The van der Waals surface area contributed by atoms with Gasteiger partial charge in [0.1, 0.15) is 5.76 Å². The first-order valence-corrected chi connectivity index (χ1v) is 11.7. The summed E-state index contributed by atoms with van der Waals surface area (Å²) in [5.41, 5.74) is 2.47. The lowest BCUT2D eigenvalue weighted by Gasteiger charge is -2.08. The van der Waals surface area contributed by atoms with Gasteiger partial charge in [-0.3, -0.25) is 10.1 Å². The van der Waals surface area contributed by atoms with E-state index in [1.54, 1.807) is 26.4 Å². The number of rotatable bonds is 6. The van der Waals surface area contributed by atoms with E-state index < -0.39 is 5.91 Å². The van der Waals surface area contributed by atoms with E-state index in [-0.39, 0.29) is 10.9 Å². The number of thiocarbonyl (C=S) groups is 1.